The van der Waals surface area contributed by atoms with Crippen molar-refractivity contribution in [2.75, 3.05) is 0 Å². The van der Waals surface area contributed by atoms with Crippen LogP contribution in [0.2, 0.25) is 0 Å². The van der Waals surface area contributed by atoms with Crippen LogP contribution >= 0.6 is 11.6 Å². The van der Waals surface area contributed by atoms with Crippen molar-refractivity contribution in [3.63, 3.8) is 0 Å². The van der Waals surface area contributed by atoms with Gasteiger partial charge in [-0.1, -0.05) is 13.8 Å². The molecule has 54 valence electrons. The second kappa shape index (κ2) is 2.49. The lowest BCUT2D eigenvalue weighted by Crippen LogP contribution is -2.31. The van der Waals surface area contributed by atoms with E-state index in [4.69, 9.17) is 11.6 Å². The zero-order valence-electron chi connectivity index (χ0n) is 6.28. The van der Waals surface area contributed by atoms with Crippen LogP contribution in [0.25, 0.3) is 0 Å². The van der Waals surface area contributed by atoms with Crippen LogP contribution in [0.4, 0.5) is 0 Å². The standard InChI is InChI=1S/C8H15Cl/c1-7(2)6-8(9)4-3-5-8/h7H,3-6H2,1-2H3. The molecule has 0 radical (unpaired) electrons. The fourth-order valence-corrected chi connectivity index (χ4v) is 2.07. The summed E-state index contributed by atoms with van der Waals surface area (Å²) >= 11 is 6.20. The summed E-state index contributed by atoms with van der Waals surface area (Å²) in [5.41, 5.74) is 0. The van der Waals surface area contributed by atoms with E-state index in [-0.39, 0.29) is 4.87 Å². The highest BCUT2D eigenvalue weighted by Gasteiger charge is 2.34. The normalized spacial score (nSPS) is 24.0. The Morgan fingerprint density at radius 1 is 1.44 bits per heavy atom. The average molecular weight is 147 g/mol. The first-order chi connectivity index (χ1) is 4.12. The molecule has 1 aliphatic rings. The maximum Gasteiger partial charge on any atom is 0.0449 e. The maximum atomic E-state index is 6.20. The lowest BCUT2D eigenvalue weighted by molar-refractivity contribution is 0.298. The predicted molar refractivity (Wildman–Crippen MR) is 41.9 cm³/mol. The van der Waals surface area contributed by atoms with Gasteiger partial charge in [-0.25, -0.2) is 0 Å². The van der Waals surface area contributed by atoms with E-state index in [1.807, 2.05) is 0 Å². The van der Waals surface area contributed by atoms with E-state index in [1.54, 1.807) is 0 Å². The molecule has 0 atom stereocenters. The van der Waals surface area contributed by atoms with Crippen LogP contribution in [0.3, 0.4) is 0 Å². The SMILES string of the molecule is CC(C)CC1(Cl)CCC1. The lowest BCUT2D eigenvalue weighted by atomic mass is 9.79. The van der Waals surface area contributed by atoms with E-state index in [0.717, 1.165) is 5.92 Å². The van der Waals surface area contributed by atoms with Crippen LogP contribution in [-0.4, -0.2) is 4.87 Å². The monoisotopic (exact) mass is 146 g/mol. The van der Waals surface area contributed by atoms with Crippen molar-refractivity contribution in [3.8, 4) is 0 Å². The van der Waals surface area contributed by atoms with Crippen molar-refractivity contribution in [1.82, 2.24) is 0 Å². The minimum Gasteiger partial charge on any atom is -0.119 e. The van der Waals surface area contributed by atoms with Gasteiger partial charge in [0.1, 0.15) is 0 Å². The molecule has 0 unspecified atom stereocenters. The molecule has 1 fully saturated rings. The van der Waals surface area contributed by atoms with Crippen molar-refractivity contribution >= 4 is 11.6 Å². The van der Waals surface area contributed by atoms with Crippen LogP contribution in [0.15, 0.2) is 0 Å². The molecule has 9 heavy (non-hydrogen) atoms. The molecule has 1 rings (SSSR count). The highest BCUT2D eigenvalue weighted by Crippen LogP contribution is 2.42. The van der Waals surface area contributed by atoms with Crippen molar-refractivity contribution in [1.29, 1.82) is 0 Å². The summed E-state index contributed by atoms with van der Waals surface area (Å²) in [4.78, 5) is 0.216. The Hall–Kier alpha value is 0.290. The molecule has 1 saturated carbocycles. The van der Waals surface area contributed by atoms with Crippen LogP contribution in [-0.2, 0) is 0 Å². The van der Waals surface area contributed by atoms with Gasteiger partial charge in [0.25, 0.3) is 0 Å². The fourth-order valence-electron chi connectivity index (χ4n) is 1.50. The molecule has 0 aromatic heterocycles. The molecule has 1 heteroatoms. The molecule has 0 bridgehead atoms. The Bertz CT molecular complexity index is 92.7. The molecule has 0 amide bonds. The van der Waals surface area contributed by atoms with Crippen LogP contribution < -0.4 is 0 Å². The van der Waals surface area contributed by atoms with E-state index in [2.05, 4.69) is 13.8 Å². The molecule has 0 nitrogen and oxygen atoms in total. The third-order valence-corrected chi connectivity index (χ3v) is 2.56. The van der Waals surface area contributed by atoms with Gasteiger partial charge in [0.05, 0.1) is 0 Å². The molecule has 0 heterocycles. The highest BCUT2D eigenvalue weighted by atomic mass is 35.5. The third-order valence-electron chi connectivity index (χ3n) is 2.02. The molecular weight excluding hydrogens is 132 g/mol. The fraction of sp³-hybridized carbons (Fsp3) is 1.00. The van der Waals surface area contributed by atoms with Gasteiger partial charge >= 0.3 is 0 Å². The molecule has 0 aromatic carbocycles. The van der Waals surface area contributed by atoms with E-state index < -0.39 is 0 Å². The maximum absolute atomic E-state index is 6.20. The Labute approximate surface area is 62.6 Å². The summed E-state index contributed by atoms with van der Waals surface area (Å²) in [5, 5.41) is 0. The summed E-state index contributed by atoms with van der Waals surface area (Å²) in [6, 6.07) is 0. The smallest absolute Gasteiger partial charge is 0.0449 e. The minimum atomic E-state index is 0.216. The topological polar surface area (TPSA) is 0 Å². The van der Waals surface area contributed by atoms with Crippen molar-refractivity contribution < 1.29 is 0 Å². The van der Waals surface area contributed by atoms with Crippen LogP contribution in [0.1, 0.15) is 39.5 Å². The van der Waals surface area contributed by atoms with Gasteiger partial charge in [-0.15, -0.1) is 11.6 Å². The molecule has 0 aromatic rings. The van der Waals surface area contributed by atoms with E-state index in [0.29, 0.717) is 0 Å². The van der Waals surface area contributed by atoms with E-state index in [1.165, 1.54) is 25.7 Å². The van der Waals surface area contributed by atoms with Gasteiger partial charge in [-0.2, -0.15) is 0 Å². The number of halogens is 1. The van der Waals surface area contributed by atoms with Crippen molar-refractivity contribution in [2.45, 2.75) is 44.4 Å². The molecular formula is C8H15Cl. The number of rotatable bonds is 2. The first kappa shape index (κ1) is 7.40. The van der Waals surface area contributed by atoms with Gasteiger partial charge < -0.3 is 0 Å². The van der Waals surface area contributed by atoms with Crippen LogP contribution in [0.5, 0.6) is 0 Å². The Kier molecular flexibility index (Phi) is 2.05. The molecule has 0 saturated heterocycles. The predicted octanol–water partition coefficient (Wildman–Crippen LogP) is 3.19. The zero-order valence-corrected chi connectivity index (χ0v) is 7.04. The number of hydrogen-bond donors (Lipinski definition) is 0. The highest BCUT2D eigenvalue weighted by molar-refractivity contribution is 6.24. The molecule has 0 aliphatic heterocycles. The number of alkyl halides is 1. The first-order valence-corrected chi connectivity index (χ1v) is 4.19. The second-order valence-corrected chi connectivity index (χ2v) is 4.40. The summed E-state index contributed by atoms with van der Waals surface area (Å²) in [7, 11) is 0. The first-order valence-electron chi connectivity index (χ1n) is 3.81. The lowest BCUT2D eigenvalue weighted by Gasteiger charge is -2.37. The van der Waals surface area contributed by atoms with Crippen molar-refractivity contribution in [3.05, 3.63) is 0 Å². The molecule has 1 aliphatic carbocycles. The minimum absolute atomic E-state index is 0.216. The Morgan fingerprint density at radius 3 is 2.11 bits per heavy atom. The third kappa shape index (κ3) is 1.86. The summed E-state index contributed by atoms with van der Waals surface area (Å²) in [6.45, 7) is 4.48. The molecule has 0 spiro atoms. The second-order valence-electron chi connectivity index (χ2n) is 3.60. The number of hydrogen-bond acceptors (Lipinski definition) is 0. The summed E-state index contributed by atoms with van der Waals surface area (Å²) in [6.07, 6.45) is 5.03. The summed E-state index contributed by atoms with van der Waals surface area (Å²) < 4.78 is 0. The van der Waals surface area contributed by atoms with Gasteiger partial charge in [0.15, 0.2) is 0 Å². The van der Waals surface area contributed by atoms with Gasteiger partial charge in [0.2, 0.25) is 0 Å². The Morgan fingerprint density at radius 2 is 2.00 bits per heavy atom. The van der Waals surface area contributed by atoms with E-state index >= 15 is 0 Å². The van der Waals surface area contributed by atoms with Gasteiger partial charge in [-0.3, -0.25) is 0 Å². The van der Waals surface area contributed by atoms with Gasteiger partial charge in [0, 0.05) is 4.87 Å². The average Bonchev–Trinajstić information content (AvgIpc) is 1.60. The zero-order chi connectivity index (χ0) is 6.91. The largest absolute Gasteiger partial charge is 0.119 e. The molecule has 0 N–H and O–H groups in total. The Balaban J connectivity index is 2.24. The van der Waals surface area contributed by atoms with Gasteiger partial charge in [-0.05, 0) is 31.6 Å². The van der Waals surface area contributed by atoms with E-state index in [9.17, 15) is 0 Å². The van der Waals surface area contributed by atoms with Crippen LogP contribution in [0, 0.1) is 5.92 Å². The van der Waals surface area contributed by atoms with Crippen molar-refractivity contribution in [2.24, 2.45) is 5.92 Å². The quantitative estimate of drug-likeness (QED) is 0.525. The summed E-state index contributed by atoms with van der Waals surface area (Å²) in [5.74, 6) is 0.766.